The van der Waals surface area contributed by atoms with Crippen LogP contribution in [0.15, 0.2) is 0 Å². The van der Waals surface area contributed by atoms with E-state index in [0.29, 0.717) is 17.3 Å². The minimum Gasteiger partial charge on any atom is -0.214 e. The largest absolute Gasteiger partial charge is 0.214 e. The van der Waals surface area contributed by atoms with Gasteiger partial charge in [-0.1, -0.05) is 28.8 Å². The second kappa shape index (κ2) is 4.72. The van der Waals surface area contributed by atoms with Crippen LogP contribution >= 0.6 is 15.9 Å². The molecule has 0 aromatic rings. The van der Waals surface area contributed by atoms with Crippen LogP contribution in [0.2, 0.25) is 0 Å². The molecule has 0 bridgehead atoms. The van der Waals surface area contributed by atoms with Crippen molar-refractivity contribution in [2.45, 2.75) is 48.6 Å². The lowest BCUT2D eigenvalue weighted by atomic mass is 10.3. The molecule has 0 aromatic carbocycles. The molecule has 2 rings (SSSR count). The second-order valence-electron chi connectivity index (χ2n) is 4.65. The molecule has 3 nitrogen and oxygen atoms in total. The zero-order chi connectivity index (χ0) is 10.9. The van der Waals surface area contributed by atoms with E-state index in [9.17, 15) is 8.42 Å². The highest BCUT2D eigenvalue weighted by molar-refractivity contribution is 9.09. The maximum Gasteiger partial charge on any atom is 0.214 e. The Morgan fingerprint density at radius 2 is 1.80 bits per heavy atom. The minimum absolute atomic E-state index is 0.128. The molecule has 2 aliphatic carbocycles. The maximum atomic E-state index is 11.8. The summed E-state index contributed by atoms with van der Waals surface area (Å²) >= 11 is 3.54. The molecule has 0 radical (unpaired) electrons. The molecule has 0 spiro atoms. The van der Waals surface area contributed by atoms with Crippen LogP contribution in [0, 0.1) is 5.92 Å². The first kappa shape index (κ1) is 11.9. The Morgan fingerprint density at radius 1 is 1.20 bits per heavy atom. The molecule has 1 unspecified atom stereocenters. The summed E-state index contributed by atoms with van der Waals surface area (Å²) in [6, 6.07) is 0. The molecule has 2 aliphatic rings. The van der Waals surface area contributed by atoms with E-state index in [-0.39, 0.29) is 5.25 Å². The Bertz CT molecular complexity index is 307. The van der Waals surface area contributed by atoms with Gasteiger partial charge < -0.3 is 0 Å². The minimum atomic E-state index is -3.04. The normalized spacial score (nSPS) is 25.7. The van der Waals surface area contributed by atoms with E-state index in [4.69, 9.17) is 0 Å². The second-order valence-corrected chi connectivity index (χ2v) is 7.87. The molecule has 0 heterocycles. The van der Waals surface area contributed by atoms with Crippen LogP contribution in [0.25, 0.3) is 0 Å². The predicted molar refractivity (Wildman–Crippen MR) is 64.6 cm³/mol. The third-order valence-electron chi connectivity index (χ3n) is 3.35. The smallest absolute Gasteiger partial charge is 0.214 e. The number of hydrogen-bond donors (Lipinski definition) is 1. The summed E-state index contributed by atoms with van der Waals surface area (Å²) in [5, 5.41) is -0.128. The van der Waals surface area contributed by atoms with Crippen molar-refractivity contribution in [3.63, 3.8) is 0 Å². The molecule has 0 aliphatic heterocycles. The zero-order valence-electron chi connectivity index (χ0n) is 8.78. The van der Waals surface area contributed by atoms with Gasteiger partial charge in [-0.15, -0.1) is 0 Å². The number of rotatable bonds is 5. The number of halogens is 1. The van der Waals surface area contributed by atoms with Gasteiger partial charge in [0.15, 0.2) is 0 Å². The third kappa shape index (κ3) is 3.17. The molecule has 1 atom stereocenters. The lowest BCUT2D eigenvalue weighted by molar-refractivity contribution is 0.561. The van der Waals surface area contributed by atoms with E-state index in [1.54, 1.807) is 0 Å². The van der Waals surface area contributed by atoms with Crippen LogP contribution in [0.3, 0.4) is 0 Å². The van der Waals surface area contributed by atoms with Gasteiger partial charge in [0.05, 0.1) is 5.25 Å². The Morgan fingerprint density at radius 3 is 2.33 bits per heavy atom. The van der Waals surface area contributed by atoms with Gasteiger partial charge in [0.25, 0.3) is 0 Å². The molecule has 2 saturated carbocycles. The Balaban J connectivity index is 1.81. The van der Waals surface area contributed by atoms with Crippen LogP contribution in [-0.4, -0.2) is 25.0 Å². The number of hydrogen-bond acceptors (Lipinski definition) is 2. The summed E-state index contributed by atoms with van der Waals surface area (Å²) < 4.78 is 26.4. The van der Waals surface area contributed by atoms with E-state index < -0.39 is 10.0 Å². The zero-order valence-corrected chi connectivity index (χ0v) is 11.2. The van der Waals surface area contributed by atoms with Crippen molar-refractivity contribution in [2.75, 3.05) is 6.54 Å². The number of sulfonamides is 1. The van der Waals surface area contributed by atoms with Gasteiger partial charge >= 0.3 is 0 Å². The first-order valence-corrected chi connectivity index (χ1v) is 8.18. The van der Waals surface area contributed by atoms with Gasteiger partial charge in [-0.3, -0.25) is 0 Å². The van der Waals surface area contributed by atoms with Gasteiger partial charge in [0.1, 0.15) is 0 Å². The molecule has 0 saturated heterocycles. The van der Waals surface area contributed by atoms with Crippen LogP contribution < -0.4 is 4.72 Å². The number of nitrogens with one attached hydrogen (secondary N) is 1. The summed E-state index contributed by atoms with van der Waals surface area (Å²) in [4.78, 5) is 0.327. The van der Waals surface area contributed by atoms with Gasteiger partial charge in [-0.25, -0.2) is 13.1 Å². The van der Waals surface area contributed by atoms with Gasteiger partial charge in [-0.2, -0.15) is 0 Å². The van der Waals surface area contributed by atoms with Crippen molar-refractivity contribution in [2.24, 2.45) is 5.92 Å². The van der Waals surface area contributed by atoms with Crippen molar-refractivity contribution in [1.29, 1.82) is 0 Å². The van der Waals surface area contributed by atoms with Crippen molar-refractivity contribution >= 4 is 26.0 Å². The van der Waals surface area contributed by atoms with E-state index in [2.05, 4.69) is 20.7 Å². The summed E-state index contributed by atoms with van der Waals surface area (Å²) in [6.07, 6.45) is 6.28. The summed E-state index contributed by atoms with van der Waals surface area (Å²) in [5.41, 5.74) is 0. The lowest BCUT2D eigenvalue weighted by Gasteiger charge is -2.14. The van der Waals surface area contributed by atoms with E-state index >= 15 is 0 Å². The third-order valence-corrected chi connectivity index (χ3v) is 6.34. The maximum absolute atomic E-state index is 11.8. The summed E-state index contributed by atoms with van der Waals surface area (Å²) in [7, 11) is -3.04. The fraction of sp³-hybridized carbons (Fsp3) is 1.00. The highest BCUT2D eigenvalue weighted by Gasteiger charge is 2.32. The Kier molecular flexibility index (Phi) is 3.73. The van der Waals surface area contributed by atoms with Crippen LogP contribution in [0.5, 0.6) is 0 Å². The predicted octanol–water partition coefficient (Wildman–Crippen LogP) is 2.02. The molecule has 5 heteroatoms. The summed E-state index contributed by atoms with van der Waals surface area (Å²) in [6.45, 7) is 0.559. The van der Waals surface area contributed by atoms with Gasteiger partial charge in [0.2, 0.25) is 10.0 Å². The first-order valence-electron chi connectivity index (χ1n) is 5.72. The average molecular weight is 296 g/mol. The van der Waals surface area contributed by atoms with Crippen molar-refractivity contribution < 1.29 is 8.42 Å². The fourth-order valence-corrected chi connectivity index (χ4v) is 4.64. The van der Waals surface area contributed by atoms with Crippen LogP contribution in [0.1, 0.15) is 38.5 Å². The van der Waals surface area contributed by atoms with Gasteiger partial charge in [0, 0.05) is 11.4 Å². The molecular weight excluding hydrogens is 278 g/mol. The molecule has 15 heavy (non-hydrogen) atoms. The van der Waals surface area contributed by atoms with Crippen LogP contribution in [-0.2, 0) is 10.0 Å². The molecule has 0 amide bonds. The van der Waals surface area contributed by atoms with Gasteiger partial charge in [-0.05, 0) is 31.6 Å². The molecule has 2 fully saturated rings. The molecular formula is C10H18BrNO2S. The highest BCUT2D eigenvalue weighted by atomic mass is 79.9. The van der Waals surface area contributed by atoms with Crippen LogP contribution in [0.4, 0.5) is 0 Å². The monoisotopic (exact) mass is 295 g/mol. The van der Waals surface area contributed by atoms with E-state index in [1.165, 1.54) is 12.8 Å². The molecule has 0 aromatic heterocycles. The topological polar surface area (TPSA) is 46.2 Å². The lowest BCUT2D eigenvalue weighted by Crippen LogP contribution is -2.36. The quantitative estimate of drug-likeness (QED) is 0.789. The SMILES string of the molecule is O=S(=O)(NCC(Br)C1CC1)C1CCCC1. The molecule has 88 valence electrons. The van der Waals surface area contributed by atoms with E-state index in [1.807, 2.05) is 0 Å². The Labute approximate surface area is 100 Å². The Hall–Kier alpha value is 0.390. The highest BCUT2D eigenvalue weighted by Crippen LogP contribution is 2.36. The van der Waals surface area contributed by atoms with Crippen molar-refractivity contribution in [3.8, 4) is 0 Å². The van der Waals surface area contributed by atoms with E-state index in [0.717, 1.165) is 25.7 Å². The number of alkyl halides is 1. The first-order chi connectivity index (χ1) is 7.09. The summed E-state index contributed by atoms with van der Waals surface area (Å²) in [5.74, 6) is 0.691. The average Bonchev–Trinajstić information content (AvgIpc) is 2.89. The fourth-order valence-electron chi connectivity index (χ4n) is 2.14. The van der Waals surface area contributed by atoms with Crippen molar-refractivity contribution in [3.05, 3.63) is 0 Å². The van der Waals surface area contributed by atoms with Crippen molar-refractivity contribution in [1.82, 2.24) is 4.72 Å². The standard InChI is InChI=1S/C10H18BrNO2S/c11-10(8-5-6-8)7-12-15(13,14)9-3-1-2-4-9/h8-10,12H,1-7H2. The molecule has 1 N–H and O–H groups in total.